The second kappa shape index (κ2) is 9.23. The van der Waals surface area contributed by atoms with Gasteiger partial charge in [0.2, 0.25) is 0 Å². The van der Waals surface area contributed by atoms with Crippen molar-refractivity contribution >= 4 is 17.6 Å². The maximum atomic E-state index is 12.4. The first kappa shape index (κ1) is 18.2. The number of unbranched alkanes of at least 4 members (excludes halogenated alkanes) is 1. The Hall–Kier alpha value is -3.14. The molecule has 2 rings (SSSR count). The topological polar surface area (TPSA) is 88.4 Å². The summed E-state index contributed by atoms with van der Waals surface area (Å²) in [4.78, 5) is 35.1. The largest absolute Gasteiger partial charge is 0.464 e. The summed E-state index contributed by atoms with van der Waals surface area (Å²) in [6, 6.07) is 5.63. The van der Waals surface area contributed by atoms with E-state index in [1.807, 2.05) is 6.92 Å². The quantitative estimate of drug-likeness (QED) is 0.571. The number of amides is 1. The number of carbonyl (C=O) groups excluding carboxylic acids is 2. The van der Waals surface area contributed by atoms with Crippen LogP contribution >= 0.6 is 0 Å². The zero-order chi connectivity index (χ0) is 18.1. The highest BCUT2D eigenvalue weighted by molar-refractivity contribution is 5.97. The summed E-state index contributed by atoms with van der Waals surface area (Å²) in [7, 11) is 0. The van der Waals surface area contributed by atoms with Crippen LogP contribution in [0.5, 0.6) is 0 Å². The molecule has 1 heterocycles. The molecule has 0 unspecified atom stereocenters. The number of carbonyl (C=O) groups is 2. The van der Waals surface area contributed by atoms with Crippen molar-refractivity contribution in [2.75, 3.05) is 6.61 Å². The second-order valence-corrected chi connectivity index (χ2v) is 5.50. The molecule has 0 aliphatic carbocycles. The molecule has 0 saturated heterocycles. The smallest absolute Gasteiger partial charge is 0.339 e. The van der Waals surface area contributed by atoms with Crippen LogP contribution in [0.3, 0.4) is 0 Å². The first-order valence-corrected chi connectivity index (χ1v) is 8.09. The number of hydrogen-bond donors (Lipinski definition) is 2. The predicted molar refractivity (Wildman–Crippen MR) is 93.8 cm³/mol. The molecule has 0 aliphatic heterocycles. The van der Waals surface area contributed by atoms with Crippen LogP contribution in [0.25, 0.3) is 4.85 Å². The Morgan fingerprint density at radius 3 is 2.72 bits per heavy atom. The van der Waals surface area contributed by atoms with E-state index >= 15 is 0 Å². The Balaban J connectivity index is 2.06. The molecule has 0 bridgehead atoms. The Bertz CT molecular complexity index is 733. The first-order valence-electron chi connectivity index (χ1n) is 8.09. The molecule has 1 atom stereocenters. The molecular weight excluding hydrogens is 320 g/mol. The summed E-state index contributed by atoms with van der Waals surface area (Å²) in [6.45, 7) is 7.52. The molecule has 2 N–H and O–H groups in total. The lowest BCUT2D eigenvalue weighted by molar-refractivity contribution is -0.146. The summed E-state index contributed by atoms with van der Waals surface area (Å²) >= 11 is 0. The number of imidazole rings is 1. The lowest BCUT2D eigenvalue weighted by atomic mass is 10.1. The van der Waals surface area contributed by atoms with Gasteiger partial charge in [-0.25, -0.2) is 9.78 Å². The third-order valence-electron chi connectivity index (χ3n) is 3.59. The van der Waals surface area contributed by atoms with E-state index < -0.39 is 12.0 Å². The molecular formula is C18H21N4O3+. The van der Waals surface area contributed by atoms with Crippen molar-refractivity contribution in [2.24, 2.45) is 0 Å². The highest BCUT2D eigenvalue weighted by Crippen LogP contribution is 2.13. The number of nitrogens with one attached hydrogen (secondary N) is 2. The van der Waals surface area contributed by atoms with Gasteiger partial charge in [0, 0.05) is 36.0 Å². The van der Waals surface area contributed by atoms with E-state index in [2.05, 4.69) is 20.1 Å². The summed E-state index contributed by atoms with van der Waals surface area (Å²) < 4.78 is 5.25. The van der Waals surface area contributed by atoms with Crippen molar-refractivity contribution in [3.63, 3.8) is 0 Å². The zero-order valence-electron chi connectivity index (χ0n) is 14.1. The van der Waals surface area contributed by atoms with Gasteiger partial charge >= 0.3 is 11.7 Å². The highest BCUT2D eigenvalue weighted by Gasteiger charge is 2.24. The van der Waals surface area contributed by atoms with E-state index in [0.717, 1.165) is 18.5 Å². The standard InChI is InChI=1S/C18H20N4O3/c1-3-4-9-25-18(24)16(10-15-11-20-12-21-15)22-17(23)13-5-7-14(19-2)8-6-13/h2,5-8,11-12,16H,3-4,9-10H2,1H3,(H-,20,21,22,23)/p+1/t16-/m1/s1. The number of H-pyrrole nitrogens is 1. The van der Waals surface area contributed by atoms with E-state index in [9.17, 15) is 9.59 Å². The number of benzene rings is 1. The van der Waals surface area contributed by atoms with Crippen LogP contribution in [-0.4, -0.2) is 34.5 Å². The Morgan fingerprint density at radius 2 is 2.12 bits per heavy atom. The van der Waals surface area contributed by atoms with Crippen LogP contribution < -0.4 is 5.32 Å². The van der Waals surface area contributed by atoms with Gasteiger partial charge in [0.1, 0.15) is 6.04 Å². The number of hydrogen-bond acceptors (Lipinski definition) is 4. The SMILES string of the molecule is C#[N+]c1ccc(C(=O)N[C@H](Cc2cnc[nH]2)C(=O)OCCCC)cc1. The molecule has 0 radical (unpaired) electrons. The monoisotopic (exact) mass is 341 g/mol. The van der Waals surface area contributed by atoms with E-state index in [1.54, 1.807) is 30.5 Å². The van der Waals surface area contributed by atoms with Gasteiger partial charge in [-0.2, -0.15) is 0 Å². The zero-order valence-corrected chi connectivity index (χ0v) is 14.1. The summed E-state index contributed by atoms with van der Waals surface area (Å²) in [6.07, 6.45) is 5.10. The fourth-order valence-corrected chi connectivity index (χ4v) is 2.17. The van der Waals surface area contributed by atoms with Gasteiger partial charge in [-0.1, -0.05) is 13.3 Å². The molecule has 1 amide bonds. The summed E-state index contributed by atoms with van der Waals surface area (Å²) in [5.74, 6) is -0.842. The lowest BCUT2D eigenvalue weighted by Gasteiger charge is -2.17. The molecule has 0 saturated carbocycles. The number of ether oxygens (including phenoxy) is 1. The van der Waals surface area contributed by atoms with Crippen molar-refractivity contribution < 1.29 is 14.3 Å². The molecule has 0 fully saturated rings. The van der Waals surface area contributed by atoms with Gasteiger partial charge < -0.3 is 15.0 Å². The van der Waals surface area contributed by atoms with E-state index in [-0.39, 0.29) is 12.3 Å². The molecule has 25 heavy (non-hydrogen) atoms. The summed E-state index contributed by atoms with van der Waals surface area (Å²) in [5.41, 5.74) is 1.70. The Kier molecular flexibility index (Phi) is 6.72. The van der Waals surface area contributed by atoms with Crippen LogP contribution in [0.1, 0.15) is 35.8 Å². The van der Waals surface area contributed by atoms with Gasteiger partial charge in [0.25, 0.3) is 12.5 Å². The average Bonchev–Trinajstić information content (AvgIpc) is 3.14. The third kappa shape index (κ3) is 5.46. The van der Waals surface area contributed by atoms with E-state index in [0.29, 0.717) is 17.9 Å². The molecule has 2 aromatic rings. The third-order valence-corrected chi connectivity index (χ3v) is 3.59. The van der Waals surface area contributed by atoms with Gasteiger partial charge in [-0.05, 0) is 23.4 Å². The van der Waals surface area contributed by atoms with Gasteiger partial charge in [-0.15, -0.1) is 0 Å². The maximum Gasteiger partial charge on any atom is 0.339 e. The van der Waals surface area contributed by atoms with Crippen molar-refractivity contribution in [1.82, 2.24) is 15.3 Å². The number of aromatic nitrogens is 2. The minimum Gasteiger partial charge on any atom is -0.464 e. The molecule has 1 aromatic heterocycles. The maximum absolute atomic E-state index is 12.4. The van der Waals surface area contributed by atoms with Crippen molar-refractivity contribution in [2.45, 2.75) is 32.2 Å². The number of esters is 1. The lowest BCUT2D eigenvalue weighted by Crippen LogP contribution is -2.43. The Morgan fingerprint density at radius 1 is 1.36 bits per heavy atom. The van der Waals surface area contributed by atoms with Crippen molar-refractivity contribution in [3.05, 3.63) is 52.9 Å². The van der Waals surface area contributed by atoms with Crippen molar-refractivity contribution in [1.29, 1.82) is 0 Å². The van der Waals surface area contributed by atoms with Gasteiger partial charge in [0.15, 0.2) is 0 Å². The minimum absolute atomic E-state index is 0.271. The molecule has 1 aromatic carbocycles. The Labute approximate surface area is 146 Å². The molecule has 7 nitrogen and oxygen atoms in total. The molecule has 0 spiro atoms. The average molecular weight is 341 g/mol. The highest BCUT2D eigenvalue weighted by atomic mass is 16.5. The van der Waals surface area contributed by atoms with Crippen molar-refractivity contribution in [3.8, 4) is 6.57 Å². The van der Waals surface area contributed by atoms with Crippen LogP contribution in [0, 0.1) is 6.57 Å². The second-order valence-electron chi connectivity index (χ2n) is 5.50. The molecule has 0 aliphatic rings. The van der Waals surface area contributed by atoms with Gasteiger partial charge in [0.05, 0.1) is 12.9 Å². The van der Waals surface area contributed by atoms with Crippen LogP contribution in [-0.2, 0) is 16.0 Å². The summed E-state index contributed by atoms with van der Waals surface area (Å²) in [5, 5.41) is 2.71. The number of aromatic amines is 1. The molecule has 130 valence electrons. The normalized spacial score (nSPS) is 11.4. The molecule has 7 heteroatoms. The fraction of sp³-hybridized carbons (Fsp3) is 0.333. The van der Waals surface area contributed by atoms with Gasteiger partial charge in [-0.3, -0.25) is 4.79 Å². The van der Waals surface area contributed by atoms with E-state index in [1.165, 1.54) is 6.33 Å². The van der Waals surface area contributed by atoms with Crippen LogP contribution in [0.15, 0.2) is 36.8 Å². The number of nitrogens with zero attached hydrogens (tertiary/aromatic N) is 2. The van der Waals surface area contributed by atoms with Crippen LogP contribution in [0.2, 0.25) is 0 Å². The first-order chi connectivity index (χ1) is 12.1. The minimum atomic E-state index is -0.802. The van der Waals surface area contributed by atoms with Crippen LogP contribution in [0.4, 0.5) is 5.69 Å². The predicted octanol–water partition coefficient (Wildman–Crippen LogP) is 2.69. The number of rotatable bonds is 8. The van der Waals surface area contributed by atoms with E-state index in [4.69, 9.17) is 11.3 Å². The fourth-order valence-electron chi connectivity index (χ4n) is 2.17.